The van der Waals surface area contributed by atoms with E-state index in [4.69, 9.17) is 0 Å². The molecule has 0 atom stereocenters. The monoisotopic (exact) mass is 351 g/mol. The van der Waals surface area contributed by atoms with Crippen LogP contribution in [-0.2, 0) is 13.6 Å². The first-order valence-electron chi connectivity index (χ1n) is 5.54. The van der Waals surface area contributed by atoms with Gasteiger partial charge in [-0.3, -0.25) is 9.67 Å². The molecule has 1 heterocycles. The minimum absolute atomic E-state index is 0. The van der Waals surface area contributed by atoms with E-state index in [1.165, 1.54) is 0 Å². The maximum atomic E-state index is 4.15. The molecule has 0 saturated carbocycles. The van der Waals surface area contributed by atoms with Crippen LogP contribution in [0.25, 0.3) is 0 Å². The van der Waals surface area contributed by atoms with E-state index in [0.29, 0.717) is 5.92 Å². The number of halogens is 1. The van der Waals surface area contributed by atoms with Crippen LogP contribution in [0, 0.1) is 5.92 Å². The number of aliphatic imine (C=N–C) groups is 1. The van der Waals surface area contributed by atoms with Crippen LogP contribution in [0.15, 0.2) is 17.4 Å². The molecule has 0 aromatic carbocycles. The third kappa shape index (κ3) is 6.50. The van der Waals surface area contributed by atoms with Crippen molar-refractivity contribution in [1.82, 2.24) is 20.4 Å². The van der Waals surface area contributed by atoms with E-state index < -0.39 is 0 Å². The number of nitrogens with zero attached hydrogens (tertiary/aromatic N) is 3. The van der Waals surface area contributed by atoms with E-state index in [9.17, 15) is 0 Å². The van der Waals surface area contributed by atoms with Crippen molar-refractivity contribution >= 4 is 29.9 Å². The molecule has 1 aromatic heterocycles. The molecular weight excluding hydrogens is 329 g/mol. The van der Waals surface area contributed by atoms with Crippen molar-refractivity contribution < 1.29 is 0 Å². The number of aryl methyl sites for hydroxylation is 1. The standard InChI is InChI=1S/C11H21N5.HI/c1-9(2)5-13-11(12-3)14-6-10-7-15-16(4)8-10;/h7-9H,5-6H2,1-4H3,(H2,12,13,14);1H. The van der Waals surface area contributed by atoms with Gasteiger partial charge in [-0.05, 0) is 5.92 Å². The zero-order chi connectivity index (χ0) is 12.0. The highest BCUT2D eigenvalue weighted by Gasteiger charge is 2.00. The quantitative estimate of drug-likeness (QED) is 0.489. The molecule has 17 heavy (non-hydrogen) atoms. The fraction of sp³-hybridized carbons (Fsp3) is 0.636. The predicted octanol–water partition coefficient (Wildman–Crippen LogP) is 1.36. The van der Waals surface area contributed by atoms with Crippen molar-refractivity contribution in [1.29, 1.82) is 0 Å². The molecule has 5 nitrogen and oxygen atoms in total. The van der Waals surface area contributed by atoms with Gasteiger partial charge in [-0.2, -0.15) is 5.10 Å². The Morgan fingerprint density at radius 3 is 2.65 bits per heavy atom. The average molecular weight is 351 g/mol. The molecule has 0 aliphatic heterocycles. The molecule has 0 bridgehead atoms. The first kappa shape index (κ1) is 16.2. The van der Waals surface area contributed by atoms with Gasteiger partial charge in [0.15, 0.2) is 5.96 Å². The Morgan fingerprint density at radius 2 is 2.18 bits per heavy atom. The summed E-state index contributed by atoms with van der Waals surface area (Å²) in [6.07, 6.45) is 3.84. The van der Waals surface area contributed by atoms with Gasteiger partial charge in [0, 0.05) is 38.9 Å². The maximum Gasteiger partial charge on any atom is 0.191 e. The third-order valence-corrected chi connectivity index (χ3v) is 2.12. The lowest BCUT2D eigenvalue weighted by Gasteiger charge is -2.12. The molecule has 0 spiro atoms. The summed E-state index contributed by atoms with van der Waals surface area (Å²) in [4.78, 5) is 4.15. The molecule has 0 aliphatic rings. The Balaban J connectivity index is 0.00000256. The van der Waals surface area contributed by atoms with E-state index in [1.807, 2.05) is 19.4 Å². The summed E-state index contributed by atoms with van der Waals surface area (Å²) in [5.41, 5.74) is 1.15. The van der Waals surface area contributed by atoms with Gasteiger partial charge < -0.3 is 10.6 Å². The average Bonchev–Trinajstić information content (AvgIpc) is 2.64. The molecule has 0 amide bonds. The van der Waals surface area contributed by atoms with E-state index in [-0.39, 0.29) is 24.0 Å². The maximum absolute atomic E-state index is 4.15. The summed E-state index contributed by atoms with van der Waals surface area (Å²) < 4.78 is 1.79. The lowest BCUT2D eigenvalue weighted by Crippen LogP contribution is -2.38. The molecule has 1 rings (SSSR count). The first-order valence-corrected chi connectivity index (χ1v) is 5.54. The lowest BCUT2D eigenvalue weighted by atomic mass is 10.2. The lowest BCUT2D eigenvalue weighted by molar-refractivity contribution is 0.614. The predicted molar refractivity (Wildman–Crippen MR) is 81.7 cm³/mol. The fourth-order valence-corrected chi connectivity index (χ4v) is 1.27. The van der Waals surface area contributed by atoms with Crippen LogP contribution < -0.4 is 10.6 Å². The second-order valence-corrected chi connectivity index (χ2v) is 4.22. The normalized spacial score (nSPS) is 11.2. The van der Waals surface area contributed by atoms with Crippen molar-refractivity contribution in [2.24, 2.45) is 18.0 Å². The number of hydrogen-bond donors (Lipinski definition) is 2. The van der Waals surface area contributed by atoms with Crippen LogP contribution in [-0.4, -0.2) is 29.3 Å². The van der Waals surface area contributed by atoms with Gasteiger partial charge in [-0.25, -0.2) is 0 Å². The molecule has 0 unspecified atom stereocenters. The molecule has 0 aliphatic carbocycles. The smallest absolute Gasteiger partial charge is 0.191 e. The summed E-state index contributed by atoms with van der Waals surface area (Å²) in [7, 11) is 3.69. The summed E-state index contributed by atoms with van der Waals surface area (Å²) in [6.45, 7) is 6.00. The van der Waals surface area contributed by atoms with Gasteiger partial charge in [-0.1, -0.05) is 13.8 Å². The van der Waals surface area contributed by atoms with Crippen LogP contribution in [0.5, 0.6) is 0 Å². The van der Waals surface area contributed by atoms with Crippen LogP contribution in [0.1, 0.15) is 19.4 Å². The van der Waals surface area contributed by atoms with Gasteiger partial charge in [0.1, 0.15) is 0 Å². The number of nitrogens with one attached hydrogen (secondary N) is 2. The first-order chi connectivity index (χ1) is 7.61. The highest BCUT2D eigenvalue weighted by molar-refractivity contribution is 14.0. The van der Waals surface area contributed by atoms with Crippen molar-refractivity contribution in [3.63, 3.8) is 0 Å². The van der Waals surface area contributed by atoms with Crippen LogP contribution in [0.2, 0.25) is 0 Å². The Hall–Kier alpha value is -0.790. The topological polar surface area (TPSA) is 54.2 Å². The molecule has 0 radical (unpaired) electrons. The third-order valence-electron chi connectivity index (χ3n) is 2.12. The summed E-state index contributed by atoms with van der Waals surface area (Å²) in [5, 5.41) is 10.6. The van der Waals surface area contributed by atoms with Crippen molar-refractivity contribution in [3.8, 4) is 0 Å². The van der Waals surface area contributed by atoms with Gasteiger partial charge in [0.05, 0.1) is 6.20 Å². The minimum Gasteiger partial charge on any atom is -0.356 e. The molecule has 0 fully saturated rings. The Morgan fingerprint density at radius 1 is 1.47 bits per heavy atom. The van der Waals surface area contributed by atoms with Crippen molar-refractivity contribution in [3.05, 3.63) is 18.0 Å². The number of rotatable bonds is 4. The van der Waals surface area contributed by atoms with Gasteiger partial charge in [-0.15, -0.1) is 24.0 Å². The molecule has 6 heteroatoms. The zero-order valence-corrected chi connectivity index (χ0v) is 13.2. The molecule has 98 valence electrons. The molecule has 0 saturated heterocycles. The van der Waals surface area contributed by atoms with Crippen LogP contribution in [0.3, 0.4) is 0 Å². The van der Waals surface area contributed by atoms with Gasteiger partial charge in [0.2, 0.25) is 0 Å². The number of hydrogen-bond acceptors (Lipinski definition) is 2. The van der Waals surface area contributed by atoms with E-state index in [2.05, 4.69) is 34.6 Å². The Kier molecular flexibility index (Phi) is 7.94. The summed E-state index contributed by atoms with van der Waals surface area (Å²) >= 11 is 0. The van der Waals surface area contributed by atoms with Gasteiger partial charge >= 0.3 is 0 Å². The zero-order valence-electron chi connectivity index (χ0n) is 10.9. The minimum atomic E-state index is 0. The van der Waals surface area contributed by atoms with Crippen LogP contribution in [0.4, 0.5) is 0 Å². The Bertz CT molecular complexity index is 345. The largest absolute Gasteiger partial charge is 0.356 e. The summed E-state index contributed by atoms with van der Waals surface area (Å²) in [5.74, 6) is 1.44. The van der Waals surface area contributed by atoms with Crippen molar-refractivity contribution in [2.45, 2.75) is 20.4 Å². The second-order valence-electron chi connectivity index (χ2n) is 4.22. The van der Waals surface area contributed by atoms with Crippen LogP contribution >= 0.6 is 24.0 Å². The Labute approximate surface area is 120 Å². The van der Waals surface area contributed by atoms with E-state index >= 15 is 0 Å². The number of guanidine groups is 1. The van der Waals surface area contributed by atoms with Crippen molar-refractivity contribution in [2.75, 3.05) is 13.6 Å². The van der Waals surface area contributed by atoms with E-state index in [1.54, 1.807) is 11.7 Å². The SMILES string of the molecule is CN=C(NCc1cnn(C)c1)NCC(C)C.I. The van der Waals surface area contributed by atoms with Gasteiger partial charge in [0.25, 0.3) is 0 Å². The number of aromatic nitrogens is 2. The summed E-state index contributed by atoms with van der Waals surface area (Å²) in [6, 6.07) is 0. The fourth-order valence-electron chi connectivity index (χ4n) is 1.27. The molecule has 2 N–H and O–H groups in total. The second kappa shape index (κ2) is 8.32. The highest BCUT2D eigenvalue weighted by Crippen LogP contribution is 1.94. The molecular formula is C11H22IN5. The highest BCUT2D eigenvalue weighted by atomic mass is 127. The van der Waals surface area contributed by atoms with E-state index in [0.717, 1.165) is 24.6 Å². The molecule has 1 aromatic rings.